The predicted octanol–water partition coefficient (Wildman–Crippen LogP) is 2.08. The lowest BCUT2D eigenvalue weighted by Crippen LogP contribution is -2.29. The van der Waals surface area contributed by atoms with Crippen molar-refractivity contribution in [3.05, 3.63) is 53.0 Å². The Morgan fingerprint density at radius 3 is 2.84 bits per heavy atom. The van der Waals surface area contributed by atoms with Crippen molar-refractivity contribution in [3.63, 3.8) is 0 Å². The van der Waals surface area contributed by atoms with Crippen LogP contribution in [0.2, 0.25) is 0 Å². The maximum absolute atomic E-state index is 11.2. The van der Waals surface area contributed by atoms with Gasteiger partial charge in [-0.15, -0.1) is 0 Å². The molecule has 1 amide bonds. The SMILES string of the molecule is Cc1cccc(OCc2ccc(C(=O)NN)o2)c1C. The van der Waals surface area contributed by atoms with E-state index in [1.807, 2.05) is 37.5 Å². The van der Waals surface area contributed by atoms with Gasteiger partial charge in [0.15, 0.2) is 5.76 Å². The van der Waals surface area contributed by atoms with Crippen LogP contribution in [-0.4, -0.2) is 5.91 Å². The number of hydrogen-bond acceptors (Lipinski definition) is 4. The molecule has 0 aliphatic rings. The second kappa shape index (κ2) is 5.58. The fraction of sp³-hybridized carbons (Fsp3) is 0.214. The molecule has 0 saturated carbocycles. The summed E-state index contributed by atoms with van der Waals surface area (Å²) >= 11 is 0. The van der Waals surface area contributed by atoms with Gasteiger partial charge in [-0.05, 0) is 43.2 Å². The summed E-state index contributed by atoms with van der Waals surface area (Å²) in [7, 11) is 0. The molecular weight excluding hydrogens is 244 g/mol. The monoisotopic (exact) mass is 260 g/mol. The summed E-state index contributed by atoms with van der Waals surface area (Å²) in [5.41, 5.74) is 4.27. The normalized spacial score (nSPS) is 10.3. The molecule has 2 aromatic rings. The zero-order valence-electron chi connectivity index (χ0n) is 10.9. The number of nitrogens with two attached hydrogens (primary N) is 1. The largest absolute Gasteiger partial charge is 0.485 e. The highest BCUT2D eigenvalue weighted by molar-refractivity contribution is 5.90. The van der Waals surface area contributed by atoms with Gasteiger partial charge in [0.05, 0.1) is 0 Å². The smallest absolute Gasteiger partial charge is 0.300 e. The zero-order valence-corrected chi connectivity index (χ0v) is 10.9. The van der Waals surface area contributed by atoms with Crippen LogP contribution in [0.5, 0.6) is 5.75 Å². The van der Waals surface area contributed by atoms with Crippen LogP contribution in [0.15, 0.2) is 34.7 Å². The molecule has 0 spiro atoms. The van der Waals surface area contributed by atoms with Crippen molar-refractivity contribution in [1.82, 2.24) is 5.43 Å². The molecule has 1 heterocycles. The standard InChI is InChI=1S/C14H16N2O3/c1-9-4-3-5-12(10(9)2)18-8-11-6-7-13(19-11)14(17)16-15/h3-7H,8,15H2,1-2H3,(H,16,17). The molecule has 0 bridgehead atoms. The summed E-state index contributed by atoms with van der Waals surface area (Å²) in [6, 6.07) is 9.12. The number of amides is 1. The van der Waals surface area contributed by atoms with Crippen LogP contribution in [0.1, 0.15) is 27.4 Å². The molecule has 0 unspecified atom stereocenters. The van der Waals surface area contributed by atoms with Crippen LogP contribution in [0, 0.1) is 13.8 Å². The predicted molar refractivity (Wildman–Crippen MR) is 70.6 cm³/mol. The lowest BCUT2D eigenvalue weighted by atomic mass is 10.1. The van der Waals surface area contributed by atoms with E-state index < -0.39 is 5.91 Å². The van der Waals surface area contributed by atoms with Gasteiger partial charge < -0.3 is 9.15 Å². The molecule has 0 fully saturated rings. The summed E-state index contributed by atoms with van der Waals surface area (Å²) < 4.78 is 11.0. The molecule has 0 aliphatic heterocycles. The van der Waals surface area contributed by atoms with Gasteiger partial charge in [-0.1, -0.05) is 12.1 Å². The average molecular weight is 260 g/mol. The second-order valence-corrected chi connectivity index (χ2v) is 4.23. The Labute approximate surface area is 111 Å². The van der Waals surface area contributed by atoms with Gasteiger partial charge >= 0.3 is 5.91 Å². The van der Waals surface area contributed by atoms with Gasteiger partial charge in [-0.25, -0.2) is 5.84 Å². The van der Waals surface area contributed by atoms with Crippen molar-refractivity contribution in [1.29, 1.82) is 0 Å². The average Bonchev–Trinajstić information content (AvgIpc) is 2.88. The number of carbonyl (C=O) groups is 1. The Bertz CT molecular complexity index is 590. The van der Waals surface area contributed by atoms with Crippen LogP contribution < -0.4 is 16.0 Å². The molecule has 19 heavy (non-hydrogen) atoms. The van der Waals surface area contributed by atoms with Crippen LogP contribution in [0.4, 0.5) is 0 Å². The number of nitrogen functional groups attached to an aromatic ring is 1. The molecule has 5 heteroatoms. The molecule has 0 atom stereocenters. The zero-order chi connectivity index (χ0) is 13.8. The number of rotatable bonds is 4. The van der Waals surface area contributed by atoms with E-state index in [-0.39, 0.29) is 12.4 Å². The minimum Gasteiger partial charge on any atom is -0.485 e. The first-order valence-corrected chi connectivity index (χ1v) is 5.90. The fourth-order valence-corrected chi connectivity index (χ4v) is 1.68. The van der Waals surface area contributed by atoms with E-state index in [0.29, 0.717) is 5.76 Å². The van der Waals surface area contributed by atoms with Gasteiger partial charge in [-0.3, -0.25) is 10.2 Å². The van der Waals surface area contributed by atoms with Crippen LogP contribution >= 0.6 is 0 Å². The van der Waals surface area contributed by atoms with E-state index in [0.717, 1.165) is 11.3 Å². The van der Waals surface area contributed by atoms with E-state index in [9.17, 15) is 4.79 Å². The highest BCUT2D eigenvalue weighted by Gasteiger charge is 2.10. The Morgan fingerprint density at radius 1 is 1.32 bits per heavy atom. The highest BCUT2D eigenvalue weighted by atomic mass is 16.5. The number of benzene rings is 1. The second-order valence-electron chi connectivity index (χ2n) is 4.23. The third-order valence-electron chi connectivity index (χ3n) is 2.94. The van der Waals surface area contributed by atoms with Crippen molar-refractivity contribution < 1.29 is 13.9 Å². The van der Waals surface area contributed by atoms with E-state index in [1.165, 1.54) is 5.56 Å². The first kappa shape index (κ1) is 13.2. The van der Waals surface area contributed by atoms with Crippen LogP contribution in [0.3, 0.4) is 0 Å². The van der Waals surface area contributed by atoms with Gasteiger partial charge in [-0.2, -0.15) is 0 Å². The molecular formula is C14H16N2O3. The van der Waals surface area contributed by atoms with Gasteiger partial charge in [0.25, 0.3) is 0 Å². The lowest BCUT2D eigenvalue weighted by molar-refractivity contribution is 0.0922. The van der Waals surface area contributed by atoms with Gasteiger partial charge in [0, 0.05) is 0 Å². The third kappa shape index (κ3) is 2.95. The van der Waals surface area contributed by atoms with Crippen molar-refractivity contribution in [3.8, 4) is 5.75 Å². The van der Waals surface area contributed by atoms with Crippen LogP contribution in [-0.2, 0) is 6.61 Å². The number of furan rings is 1. The molecule has 3 N–H and O–H groups in total. The summed E-state index contributed by atoms with van der Waals surface area (Å²) in [6.07, 6.45) is 0. The number of nitrogens with one attached hydrogen (secondary N) is 1. The number of hydrazine groups is 1. The number of carbonyl (C=O) groups excluding carboxylic acids is 1. The molecule has 5 nitrogen and oxygen atoms in total. The topological polar surface area (TPSA) is 77.5 Å². The number of hydrogen-bond donors (Lipinski definition) is 2. The van der Waals surface area contributed by atoms with Gasteiger partial charge in [0.1, 0.15) is 18.1 Å². The summed E-state index contributed by atoms with van der Waals surface area (Å²) in [6.45, 7) is 4.29. The van der Waals surface area contributed by atoms with E-state index in [4.69, 9.17) is 15.0 Å². The lowest BCUT2D eigenvalue weighted by Gasteiger charge is -2.09. The quantitative estimate of drug-likeness (QED) is 0.501. The molecule has 2 rings (SSSR count). The minimum absolute atomic E-state index is 0.169. The highest BCUT2D eigenvalue weighted by Crippen LogP contribution is 2.22. The summed E-state index contributed by atoms with van der Waals surface area (Å²) in [4.78, 5) is 11.2. The van der Waals surface area contributed by atoms with Crippen molar-refractivity contribution >= 4 is 5.91 Å². The van der Waals surface area contributed by atoms with Crippen molar-refractivity contribution in [2.45, 2.75) is 20.5 Å². The van der Waals surface area contributed by atoms with Crippen molar-refractivity contribution in [2.75, 3.05) is 0 Å². The van der Waals surface area contributed by atoms with Crippen LogP contribution in [0.25, 0.3) is 0 Å². The first-order valence-electron chi connectivity index (χ1n) is 5.90. The summed E-state index contributed by atoms with van der Waals surface area (Å²) in [5, 5.41) is 0. The van der Waals surface area contributed by atoms with Gasteiger partial charge in [0.2, 0.25) is 0 Å². The molecule has 1 aromatic carbocycles. The molecule has 0 aliphatic carbocycles. The molecule has 1 aromatic heterocycles. The number of ether oxygens (including phenoxy) is 1. The molecule has 0 saturated heterocycles. The fourth-order valence-electron chi connectivity index (χ4n) is 1.68. The maximum Gasteiger partial charge on any atom is 0.300 e. The van der Waals surface area contributed by atoms with Crippen molar-refractivity contribution in [2.24, 2.45) is 5.84 Å². The minimum atomic E-state index is -0.460. The first-order chi connectivity index (χ1) is 9.11. The third-order valence-corrected chi connectivity index (χ3v) is 2.94. The summed E-state index contributed by atoms with van der Waals surface area (Å²) in [5.74, 6) is 6.11. The Hall–Kier alpha value is -2.27. The Balaban J connectivity index is 2.04. The Kier molecular flexibility index (Phi) is 3.87. The van der Waals surface area contributed by atoms with E-state index >= 15 is 0 Å². The van der Waals surface area contributed by atoms with E-state index in [1.54, 1.807) is 12.1 Å². The number of aryl methyl sites for hydroxylation is 1. The Morgan fingerprint density at radius 2 is 2.11 bits per heavy atom. The maximum atomic E-state index is 11.2. The molecule has 0 radical (unpaired) electrons. The van der Waals surface area contributed by atoms with E-state index in [2.05, 4.69) is 0 Å². The molecule has 100 valence electrons.